The molecule has 2 aromatic carbocycles. The number of rotatable bonds is 11. The van der Waals surface area contributed by atoms with E-state index in [0.29, 0.717) is 36.6 Å². The third-order valence-corrected chi connectivity index (χ3v) is 6.40. The van der Waals surface area contributed by atoms with Crippen LogP contribution in [0.4, 0.5) is 14.9 Å². The van der Waals surface area contributed by atoms with Gasteiger partial charge >= 0.3 is 6.09 Å². The van der Waals surface area contributed by atoms with Crippen LogP contribution < -0.4 is 14.8 Å². The number of likely N-dealkylation sites (tertiary alicyclic amines) is 1. The summed E-state index contributed by atoms with van der Waals surface area (Å²) in [7, 11) is 1.48. The van der Waals surface area contributed by atoms with Crippen molar-refractivity contribution >= 4 is 23.4 Å². The molecule has 198 valence electrons. The Morgan fingerprint density at radius 1 is 1.08 bits per heavy atom. The zero-order valence-electron chi connectivity index (χ0n) is 21.1. The average molecular weight is 513 g/mol. The molecular formula is C27H33FN4O5. The van der Waals surface area contributed by atoms with Crippen LogP contribution in [0.3, 0.4) is 0 Å². The van der Waals surface area contributed by atoms with Crippen molar-refractivity contribution in [2.45, 2.75) is 38.6 Å². The highest BCUT2D eigenvalue weighted by atomic mass is 19.1. The van der Waals surface area contributed by atoms with E-state index < -0.39 is 13.0 Å². The number of amides is 2. The number of nitrogens with zero attached hydrogens (tertiary/aromatic N) is 3. The van der Waals surface area contributed by atoms with Crippen LogP contribution in [0, 0.1) is 0 Å². The number of carbonyl (C=O) groups excluding carboxylic acids is 2. The second-order valence-electron chi connectivity index (χ2n) is 8.98. The van der Waals surface area contributed by atoms with Crippen LogP contribution in [0.5, 0.6) is 11.5 Å². The molecule has 0 aromatic heterocycles. The number of carbonyl (C=O) groups is 2. The van der Waals surface area contributed by atoms with Gasteiger partial charge in [-0.25, -0.2) is 14.2 Å². The van der Waals surface area contributed by atoms with Crippen molar-refractivity contribution in [2.75, 3.05) is 45.5 Å². The summed E-state index contributed by atoms with van der Waals surface area (Å²) in [6.07, 6.45) is 3.62. The lowest BCUT2D eigenvalue weighted by atomic mass is 10.0. The lowest BCUT2D eigenvalue weighted by molar-refractivity contribution is -0.132. The van der Waals surface area contributed by atoms with Crippen molar-refractivity contribution in [2.24, 2.45) is 5.10 Å². The average Bonchev–Trinajstić information content (AvgIpc) is 3.43. The zero-order valence-corrected chi connectivity index (χ0v) is 21.1. The first-order chi connectivity index (χ1) is 18.1. The molecule has 37 heavy (non-hydrogen) atoms. The summed E-state index contributed by atoms with van der Waals surface area (Å²) in [5.41, 5.74) is 2.91. The van der Waals surface area contributed by atoms with E-state index in [1.165, 1.54) is 25.0 Å². The molecule has 0 radical (unpaired) electrons. The van der Waals surface area contributed by atoms with E-state index in [-0.39, 0.29) is 18.2 Å². The summed E-state index contributed by atoms with van der Waals surface area (Å²) in [4.78, 5) is 27.0. The van der Waals surface area contributed by atoms with Crippen LogP contribution in [-0.2, 0) is 16.1 Å². The molecule has 9 nitrogen and oxygen atoms in total. The van der Waals surface area contributed by atoms with E-state index in [4.69, 9.17) is 14.2 Å². The number of hydrazone groups is 1. The largest absolute Gasteiger partial charge is 0.493 e. The van der Waals surface area contributed by atoms with Gasteiger partial charge in [0, 0.05) is 30.6 Å². The van der Waals surface area contributed by atoms with Gasteiger partial charge in [0.1, 0.15) is 0 Å². The minimum absolute atomic E-state index is 0.0859. The Kier molecular flexibility index (Phi) is 9.31. The molecule has 0 atom stereocenters. The van der Waals surface area contributed by atoms with Crippen molar-refractivity contribution in [1.29, 1.82) is 0 Å². The molecule has 2 aliphatic heterocycles. The maximum absolute atomic E-state index is 12.8. The van der Waals surface area contributed by atoms with Crippen molar-refractivity contribution in [3.05, 3.63) is 53.6 Å². The Morgan fingerprint density at radius 3 is 2.59 bits per heavy atom. The normalized spacial score (nSPS) is 15.9. The number of hydrogen-bond donors (Lipinski definition) is 1. The Morgan fingerprint density at radius 2 is 1.86 bits per heavy atom. The van der Waals surface area contributed by atoms with Crippen LogP contribution in [0.15, 0.2) is 47.6 Å². The number of hydrogen-bond acceptors (Lipinski definition) is 7. The van der Waals surface area contributed by atoms with E-state index in [2.05, 4.69) is 15.3 Å². The molecule has 2 heterocycles. The maximum atomic E-state index is 12.8. The highest BCUT2D eigenvalue weighted by molar-refractivity contribution is 6.04. The van der Waals surface area contributed by atoms with Crippen LogP contribution in [-0.4, -0.2) is 67.8 Å². The van der Waals surface area contributed by atoms with Crippen molar-refractivity contribution < 1.29 is 28.2 Å². The number of nitrogens with one attached hydrogen (secondary N) is 1. The van der Waals surface area contributed by atoms with E-state index in [0.717, 1.165) is 37.2 Å². The Balaban J connectivity index is 1.31. The molecule has 1 saturated heterocycles. The fourth-order valence-electron chi connectivity index (χ4n) is 4.44. The quantitative estimate of drug-likeness (QED) is 0.444. The number of ether oxygens (including phenoxy) is 3. The van der Waals surface area contributed by atoms with Crippen molar-refractivity contribution in [3.8, 4) is 11.5 Å². The summed E-state index contributed by atoms with van der Waals surface area (Å²) in [6.45, 7) is 2.91. The molecular weight excluding hydrogens is 479 g/mol. The third kappa shape index (κ3) is 7.42. The highest BCUT2D eigenvalue weighted by Gasteiger charge is 2.22. The van der Waals surface area contributed by atoms with E-state index in [1.807, 2.05) is 18.2 Å². The van der Waals surface area contributed by atoms with E-state index >= 15 is 0 Å². The van der Waals surface area contributed by atoms with Gasteiger partial charge < -0.3 is 19.1 Å². The Labute approximate surface area is 216 Å². The zero-order chi connectivity index (χ0) is 26.0. The number of benzene rings is 2. The van der Waals surface area contributed by atoms with Gasteiger partial charge in [-0.2, -0.15) is 5.10 Å². The lowest BCUT2D eigenvalue weighted by Gasteiger charge is -2.24. The fraction of sp³-hybridized carbons (Fsp3) is 0.444. The van der Waals surface area contributed by atoms with Gasteiger partial charge in [-0.15, -0.1) is 0 Å². The molecule has 0 spiro atoms. The number of alkyl halides is 1. The lowest BCUT2D eigenvalue weighted by Crippen LogP contribution is -2.31. The van der Waals surface area contributed by atoms with Gasteiger partial charge in [-0.05, 0) is 68.2 Å². The van der Waals surface area contributed by atoms with Crippen LogP contribution >= 0.6 is 0 Å². The molecule has 2 aromatic rings. The first-order valence-corrected chi connectivity index (χ1v) is 12.6. The molecule has 2 amide bonds. The summed E-state index contributed by atoms with van der Waals surface area (Å²) in [6, 6.07) is 12.4. The van der Waals surface area contributed by atoms with Crippen LogP contribution in [0.1, 0.15) is 43.2 Å². The molecule has 1 N–H and O–H groups in total. The topological polar surface area (TPSA) is 92.7 Å². The Hall–Kier alpha value is -3.66. The van der Waals surface area contributed by atoms with E-state index in [1.54, 1.807) is 24.3 Å². The van der Waals surface area contributed by atoms with Gasteiger partial charge in [-0.3, -0.25) is 10.1 Å². The molecule has 0 bridgehead atoms. The van der Waals surface area contributed by atoms with Crippen molar-refractivity contribution in [3.63, 3.8) is 0 Å². The van der Waals surface area contributed by atoms with Crippen molar-refractivity contribution in [1.82, 2.24) is 9.91 Å². The van der Waals surface area contributed by atoms with Crippen LogP contribution in [0.2, 0.25) is 0 Å². The second-order valence-corrected chi connectivity index (χ2v) is 8.98. The predicted octanol–water partition coefficient (Wildman–Crippen LogP) is 4.56. The second kappa shape index (κ2) is 13.0. The fourth-order valence-corrected chi connectivity index (χ4v) is 4.44. The molecule has 10 heteroatoms. The van der Waals surface area contributed by atoms with Gasteiger partial charge in [0.25, 0.3) is 0 Å². The standard InChI is InChI=1S/C27H33FN4O5/c1-35-24-11-7-21(17-25(24)37-19-28)23-10-12-26(33)32(30-23)18-20-5-8-22(9-6-20)29-27(34)36-16-4-15-31-13-2-3-14-31/h5-9,11,17H,2-4,10,12-16,18-19H2,1H3,(H,29,34). The number of anilines is 1. The van der Waals surface area contributed by atoms with Gasteiger partial charge in [0.2, 0.25) is 12.8 Å². The third-order valence-electron chi connectivity index (χ3n) is 6.40. The number of methoxy groups -OCH3 is 1. The summed E-state index contributed by atoms with van der Waals surface area (Å²) in [5, 5.41) is 8.70. The highest BCUT2D eigenvalue weighted by Crippen LogP contribution is 2.30. The molecule has 0 saturated carbocycles. The first-order valence-electron chi connectivity index (χ1n) is 12.6. The Bertz CT molecular complexity index is 1100. The van der Waals surface area contributed by atoms with Gasteiger partial charge in [0.05, 0.1) is 26.0 Å². The summed E-state index contributed by atoms with van der Waals surface area (Å²) >= 11 is 0. The molecule has 4 rings (SSSR count). The summed E-state index contributed by atoms with van der Waals surface area (Å²) < 4.78 is 28.3. The predicted molar refractivity (Wildman–Crippen MR) is 138 cm³/mol. The van der Waals surface area contributed by atoms with Crippen LogP contribution in [0.25, 0.3) is 0 Å². The molecule has 0 aliphatic carbocycles. The van der Waals surface area contributed by atoms with Gasteiger partial charge in [-0.1, -0.05) is 12.1 Å². The van der Waals surface area contributed by atoms with Gasteiger partial charge in [0.15, 0.2) is 11.5 Å². The minimum Gasteiger partial charge on any atom is -0.493 e. The van der Waals surface area contributed by atoms with E-state index in [9.17, 15) is 14.0 Å². The molecule has 2 aliphatic rings. The SMILES string of the molecule is COc1ccc(C2=NN(Cc3ccc(NC(=O)OCCCN4CCCC4)cc3)C(=O)CC2)cc1OCF. The minimum atomic E-state index is -0.974. The maximum Gasteiger partial charge on any atom is 0.411 e. The monoisotopic (exact) mass is 512 g/mol. The first kappa shape index (κ1) is 26.4. The summed E-state index contributed by atoms with van der Waals surface area (Å²) in [5.74, 6) is 0.615. The molecule has 1 fully saturated rings. The number of halogens is 1. The smallest absolute Gasteiger partial charge is 0.411 e. The molecule has 0 unspecified atom stereocenters.